The van der Waals surface area contributed by atoms with E-state index in [2.05, 4.69) is 29.3 Å². The van der Waals surface area contributed by atoms with Gasteiger partial charge in [0.05, 0.1) is 22.1 Å². The van der Waals surface area contributed by atoms with Crippen molar-refractivity contribution >= 4 is 58.4 Å². The van der Waals surface area contributed by atoms with Gasteiger partial charge in [-0.05, 0) is 50.6 Å². The van der Waals surface area contributed by atoms with E-state index in [4.69, 9.17) is 39.5 Å². The van der Waals surface area contributed by atoms with Gasteiger partial charge in [-0.15, -0.1) is 0 Å². The second kappa shape index (κ2) is 9.88. The van der Waals surface area contributed by atoms with Gasteiger partial charge < -0.3 is 9.64 Å². The third-order valence-electron chi connectivity index (χ3n) is 4.60. The van der Waals surface area contributed by atoms with Crippen molar-refractivity contribution in [1.29, 1.82) is 5.26 Å². The van der Waals surface area contributed by atoms with Crippen LogP contribution in [-0.2, 0) is 0 Å². The molecular weight excluding hydrogens is 475 g/mol. The number of hydrogen-bond acceptors (Lipinski definition) is 5. The molecule has 0 atom stereocenters. The van der Waals surface area contributed by atoms with Gasteiger partial charge in [0.2, 0.25) is 5.06 Å². The van der Waals surface area contributed by atoms with Crippen molar-refractivity contribution < 1.29 is 4.74 Å². The third-order valence-corrected chi connectivity index (χ3v) is 6.18. The van der Waals surface area contributed by atoms with Crippen molar-refractivity contribution in [3.05, 3.63) is 56.5 Å². The summed E-state index contributed by atoms with van der Waals surface area (Å²) in [5.74, 6) is 0.523. The maximum absolute atomic E-state index is 9.73. The SMILES string of the molecule is Cc1cc(/N=C\N(C)C(C)C)c(Cl)cc1Oc1snc(-c2ccc(Cl)cc2Cl)c1C#N. The lowest BCUT2D eigenvalue weighted by molar-refractivity contribution is 0.429. The van der Waals surface area contributed by atoms with Crippen LogP contribution in [0.15, 0.2) is 35.3 Å². The lowest BCUT2D eigenvalue weighted by Crippen LogP contribution is -2.24. The summed E-state index contributed by atoms with van der Waals surface area (Å²) in [5.41, 5.74) is 2.82. The Labute approximate surface area is 200 Å². The molecule has 160 valence electrons. The summed E-state index contributed by atoms with van der Waals surface area (Å²) < 4.78 is 10.4. The fourth-order valence-electron chi connectivity index (χ4n) is 2.55. The number of nitrogens with zero attached hydrogens (tertiary/aromatic N) is 4. The van der Waals surface area contributed by atoms with E-state index in [1.807, 2.05) is 24.9 Å². The zero-order valence-corrected chi connectivity index (χ0v) is 20.4. The Hall–Kier alpha value is -2.30. The normalized spacial score (nSPS) is 11.2. The van der Waals surface area contributed by atoms with Gasteiger partial charge >= 0.3 is 0 Å². The molecule has 5 nitrogen and oxygen atoms in total. The lowest BCUT2D eigenvalue weighted by Gasteiger charge is -2.17. The first-order valence-electron chi connectivity index (χ1n) is 9.30. The Kier molecular flexibility index (Phi) is 7.45. The maximum atomic E-state index is 9.73. The third kappa shape index (κ3) is 5.31. The number of hydrogen-bond donors (Lipinski definition) is 0. The summed E-state index contributed by atoms with van der Waals surface area (Å²) in [6, 6.07) is 11.1. The smallest absolute Gasteiger partial charge is 0.218 e. The summed E-state index contributed by atoms with van der Waals surface area (Å²) in [6.07, 6.45) is 1.74. The number of nitriles is 1. The molecule has 1 aromatic heterocycles. The van der Waals surface area contributed by atoms with Crippen LogP contribution in [-0.4, -0.2) is 28.7 Å². The van der Waals surface area contributed by atoms with E-state index in [0.29, 0.717) is 54.4 Å². The molecule has 2 aromatic carbocycles. The van der Waals surface area contributed by atoms with Crippen LogP contribution in [0, 0.1) is 18.3 Å². The predicted octanol–water partition coefficient (Wildman–Crippen LogP) is 7.74. The summed E-state index contributed by atoms with van der Waals surface area (Å²) in [7, 11) is 1.95. The molecule has 0 unspecified atom stereocenters. The highest BCUT2D eigenvalue weighted by Crippen LogP contribution is 2.41. The number of halogens is 3. The highest BCUT2D eigenvalue weighted by Gasteiger charge is 2.20. The molecule has 1 heterocycles. The van der Waals surface area contributed by atoms with E-state index < -0.39 is 0 Å². The van der Waals surface area contributed by atoms with Crippen molar-refractivity contribution in [2.45, 2.75) is 26.8 Å². The molecule has 0 saturated carbocycles. The lowest BCUT2D eigenvalue weighted by atomic mass is 10.1. The Bertz CT molecular complexity index is 1180. The molecule has 3 aromatic rings. The molecule has 0 saturated heterocycles. The Morgan fingerprint density at radius 2 is 1.94 bits per heavy atom. The molecular formula is C22H19Cl3N4OS. The second-order valence-corrected chi connectivity index (χ2v) is 9.09. The van der Waals surface area contributed by atoms with Crippen LogP contribution in [0.1, 0.15) is 25.0 Å². The number of aryl methyl sites for hydroxylation is 1. The summed E-state index contributed by atoms with van der Waals surface area (Å²) in [5, 5.41) is 11.4. The van der Waals surface area contributed by atoms with E-state index in [9.17, 15) is 5.26 Å². The molecule has 0 aliphatic heterocycles. The van der Waals surface area contributed by atoms with Gasteiger partial charge in [-0.25, -0.2) is 4.99 Å². The quantitative estimate of drug-likeness (QED) is 0.260. The fourth-order valence-corrected chi connectivity index (χ4v) is 3.98. The van der Waals surface area contributed by atoms with Crippen LogP contribution in [0.4, 0.5) is 5.69 Å². The minimum atomic E-state index is 0.297. The Morgan fingerprint density at radius 1 is 1.19 bits per heavy atom. The summed E-state index contributed by atoms with van der Waals surface area (Å²) >= 11 is 19.8. The van der Waals surface area contributed by atoms with Crippen LogP contribution in [0.2, 0.25) is 15.1 Å². The molecule has 31 heavy (non-hydrogen) atoms. The largest absolute Gasteiger partial charge is 0.443 e. The van der Waals surface area contributed by atoms with E-state index in [1.165, 1.54) is 0 Å². The highest BCUT2D eigenvalue weighted by molar-refractivity contribution is 7.08. The maximum Gasteiger partial charge on any atom is 0.218 e. The zero-order valence-electron chi connectivity index (χ0n) is 17.3. The van der Waals surface area contributed by atoms with Gasteiger partial charge in [-0.1, -0.05) is 34.8 Å². The van der Waals surface area contributed by atoms with Gasteiger partial charge in [-0.2, -0.15) is 9.64 Å². The van der Waals surface area contributed by atoms with E-state index >= 15 is 0 Å². The Morgan fingerprint density at radius 3 is 2.58 bits per heavy atom. The molecule has 9 heteroatoms. The average Bonchev–Trinajstić information content (AvgIpc) is 3.11. The van der Waals surface area contributed by atoms with Gasteiger partial charge in [0.15, 0.2) is 0 Å². The molecule has 0 N–H and O–H groups in total. The summed E-state index contributed by atoms with van der Waals surface area (Å²) in [6.45, 7) is 6.03. The fraction of sp³-hybridized carbons (Fsp3) is 0.227. The predicted molar refractivity (Wildman–Crippen MR) is 130 cm³/mol. The Balaban J connectivity index is 1.92. The minimum Gasteiger partial charge on any atom is -0.443 e. The molecule has 0 aliphatic carbocycles. The molecule has 0 radical (unpaired) electrons. The van der Waals surface area contributed by atoms with Crippen molar-refractivity contribution in [3.63, 3.8) is 0 Å². The molecule has 0 spiro atoms. The monoisotopic (exact) mass is 492 g/mol. The van der Waals surface area contributed by atoms with Crippen LogP contribution < -0.4 is 4.74 Å². The van der Waals surface area contributed by atoms with Crippen LogP contribution >= 0.6 is 46.3 Å². The number of rotatable bonds is 6. The van der Waals surface area contributed by atoms with Gasteiger partial charge in [-0.3, -0.25) is 0 Å². The van der Waals surface area contributed by atoms with Gasteiger partial charge in [0.1, 0.15) is 23.1 Å². The molecule has 0 fully saturated rings. The molecule has 3 rings (SSSR count). The average molecular weight is 494 g/mol. The van der Waals surface area contributed by atoms with Gasteiger partial charge in [0, 0.05) is 41.3 Å². The van der Waals surface area contributed by atoms with Crippen molar-refractivity contribution in [2.75, 3.05) is 7.05 Å². The first-order chi connectivity index (χ1) is 14.7. The van der Waals surface area contributed by atoms with Crippen molar-refractivity contribution in [2.24, 2.45) is 4.99 Å². The van der Waals surface area contributed by atoms with Gasteiger partial charge in [0.25, 0.3) is 0 Å². The molecule has 0 aliphatic rings. The summed E-state index contributed by atoms with van der Waals surface area (Å²) in [4.78, 5) is 6.44. The molecule has 0 bridgehead atoms. The first-order valence-corrected chi connectivity index (χ1v) is 11.2. The van der Waals surface area contributed by atoms with E-state index in [0.717, 1.165) is 17.1 Å². The standard InChI is InChI=1S/C22H19Cl3N4OS/c1-12(2)29(4)11-27-19-7-13(3)20(9-18(19)25)30-22-16(10-26)21(28-31-22)15-6-5-14(23)8-17(15)24/h5-9,11-12H,1-4H3/b27-11-. The first kappa shape index (κ1) is 23.4. The number of benzene rings is 2. The topological polar surface area (TPSA) is 61.5 Å². The van der Waals surface area contributed by atoms with E-state index in [-0.39, 0.29) is 0 Å². The highest BCUT2D eigenvalue weighted by atomic mass is 35.5. The van der Waals surface area contributed by atoms with Crippen LogP contribution in [0.25, 0.3) is 11.3 Å². The zero-order chi connectivity index (χ0) is 22.7. The van der Waals surface area contributed by atoms with E-state index in [1.54, 1.807) is 30.6 Å². The number of aromatic nitrogens is 1. The van der Waals surface area contributed by atoms with Crippen molar-refractivity contribution in [1.82, 2.24) is 9.27 Å². The number of aliphatic imine (C=N–C) groups is 1. The number of ether oxygens (including phenoxy) is 1. The second-order valence-electron chi connectivity index (χ2n) is 7.10. The van der Waals surface area contributed by atoms with Crippen LogP contribution in [0.5, 0.6) is 10.8 Å². The minimum absolute atomic E-state index is 0.297. The molecule has 0 amide bonds. The van der Waals surface area contributed by atoms with Crippen molar-refractivity contribution in [3.8, 4) is 28.1 Å². The van der Waals surface area contributed by atoms with Crippen LogP contribution in [0.3, 0.4) is 0 Å².